The maximum Gasteiger partial charge on any atom is 0.225 e. The number of aromatic nitrogens is 2. The van der Waals surface area contributed by atoms with Crippen molar-refractivity contribution in [2.24, 2.45) is 0 Å². The summed E-state index contributed by atoms with van der Waals surface area (Å²) in [5.74, 6) is 0.328. The van der Waals surface area contributed by atoms with Crippen LogP contribution in [0.2, 0.25) is 5.02 Å². The van der Waals surface area contributed by atoms with Crippen LogP contribution in [-0.4, -0.2) is 36.1 Å². The third-order valence-electron chi connectivity index (χ3n) is 3.50. The first-order chi connectivity index (χ1) is 10.2. The molecule has 3 rings (SSSR count). The molecule has 0 radical (unpaired) electrons. The fourth-order valence-electron chi connectivity index (χ4n) is 2.39. The molecule has 21 heavy (non-hydrogen) atoms. The molecule has 1 aromatic heterocycles. The first-order valence-electron chi connectivity index (χ1n) is 6.97. The van der Waals surface area contributed by atoms with Gasteiger partial charge in [0.25, 0.3) is 0 Å². The molecule has 0 amide bonds. The highest BCUT2D eigenvalue weighted by Crippen LogP contribution is 2.25. The number of nitrogens with zero attached hydrogens (tertiary/aromatic N) is 3. The quantitative estimate of drug-likeness (QED) is 0.926. The Morgan fingerprint density at radius 3 is 2.71 bits per heavy atom. The normalized spacial score (nSPS) is 15.8. The number of nitrogens with one attached hydrogen (secondary N) is 1. The average molecular weight is 307 g/mol. The minimum Gasteiger partial charge on any atom is -0.340 e. The summed E-state index contributed by atoms with van der Waals surface area (Å²) in [5, 5.41) is 3.72. The van der Waals surface area contributed by atoms with Gasteiger partial charge in [0, 0.05) is 48.2 Å². The number of rotatable bonds is 2. The van der Waals surface area contributed by atoms with Crippen LogP contribution < -0.4 is 10.2 Å². The van der Waals surface area contributed by atoms with Crippen LogP contribution in [-0.2, 0) is 0 Å². The van der Waals surface area contributed by atoms with Crippen LogP contribution in [0.25, 0.3) is 11.1 Å². The molecule has 4 nitrogen and oxygen atoms in total. The first kappa shape index (κ1) is 14.2. The van der Waals surface area contributed by atoms with E-state index in [4.69, 9.17) is 11.6 Å². The monoisotopic (exact) mass is 306 g/mol. The maximum atomic E-state index is 13.9. The zero-order chi connectivity index (χ0) is 14.7. The van der Waals surface area contributed by atoms with Gasteiger partial charge in [0.2, 0.25) is 5.95 Å². The Morgan fingerprint density at radius 2 is 1.95 bits per heavy atom. The molecule has 2 heterocycles. The van der Waals surface area contributed by atoms with Crippen molar-refractivity contribution in [1.29, 1.82) is 0 Å². The van der Waals surface area contributed by atoms with Gasteiger partial charge in [-0.2, -0.15) is 0 Å². The second-order valence-electron chi connectivity index (χ2n) is 4.99. The van der Waals surface area contributed by atoms with Crippen molar-refractivity contribution in [3.8, 4) is 11.1 Å². The summed E-state index contributed by atoms with van der Waals surface area (Å²) in [6, 6.07) is 4.60. The van der Waals surface area contributed by atoms with Crippen LogP contribution in [0.5, 0.6) is 0 Å². The molecular weight excluding hydrogens is 291 g/mol. The van der Waals surface area contributed by atoms with Gasteiger partial charge >= 0.3 is 0 Å². The van der Waals surface area contributed by atoms with Crippen molar-refractivity contribution in [2.45, 2.75) is 6.42 Å². The van der Waals surface area contributed by atoms with Gasteiger partial charge in [-0.3, -0.25) is 0 Å². The molecule has 6 heteroatoms. The fraction of sp³-hybridized carbons (Fsp3) is 0.333. The third kappa shape index (κ3) is 3.31. The summed E-state index contributed by atoms with van der Waals surface area (Å²) >= 11 is 5.76. The highest BCUT2D eigenvalue weighted by molar-refractivity contribution is 6.30. The van der Waals surface area contributed by atoms with Gasteiger partial charge in [-0.15, -0.1) is 0 Å². The Kier molecular flexibility index (Phi) is 4.31. The minimum atomic E-state index is -0.363. The van der Waals surface area contributed by atoms with E-state index in [1.807, 2.05) is 0 Å². The minimum absolute atomic E-state index is 0.363. The molecule has 0 atom stereocenters. The number of anilines is 1. The third-order valence-corrected chi connectivity index (χ3v) is 3.74. The molecule has 0 aliphatic carbocycles. The van der Waals surface area contributed by atoms with Gasteiger partial charge in [-0.1, -0.05) is 11.6 Å². The second-order valence-corrected chi connectivity index (χ2v) is 5.42. The van der Waals surface area contributed by atoms with Crippen molar-refractivity contribution >= 4 is 17.5 Å². The summed E-state index contributed by atoms with van der Waals surface area (Å²) in [6.07, 6.45) is 4.39. The van der Waals surface area contributed by atoms with E-state index in [1.165, 1.54) is 6.07 Å². The zero-order valence-corrected chi connectivity index (χ0v) is 12.3. The standard InChI is InChI=1S/C15H16ClFN4/c16-12-2-3-13(14(17)8-12)11-9-19-15(20-10-11)21-6-1-4-18-5-7-21/h2-3,8-10,18H,1,4-7H2. The van der Waals surface area contributed by atoms with Crippen LogP contribution in [0, 0.1) is 5.82 Å². The number of benzene rings is 1. The van der Waals surface area contributed by atoms with E-state index in [0.717, 1.165) is 32.6 Å². The van der Waals surface area contributed by atoms with Crippen LogP contribution in [0.3, 0.4) is 0 Å². The smallest absolute Gasteiger partial charge is 0.225 e. The Morgan fingerprint density at radius 1 is 1.14 bits per heavy atom. The van der Waals surface area contributed by atoms with Crippen molar-refractivity contribution < 1.29 is 4.39 Å². The van der Waals surface area contributed by atoms with Crippen LogP contribution in [0.4, 0.5) is 10.3 Å². The van der Waals surface area contributed by atoms with Crippen LogP contribution in [0.15, 0.2) is 30.6 Å². The van der Waals surface area contributed by atoms with Crippen LogP contribution >= 0.6 is 11.6 Å². The molecule has 1 N–H and O–H groups in total. The number of hydrogen-bond acceptors (Lipinski definition) is 4. The van der Waals surface area contributed by atoms with E-state index in [0.29, 0.717) is 22.1 Å². The summed E-state index contributed by atoms with van der Waals surface area (Å²) in [7, 11) is 0. The Hall–Kier alpha value is -1.72. The van der Waals surface area contributed by atoms with E-state index in [-0.39, 0.29) is 5.82 Å². The lowest BCUT2D eigenvalue weighted by atomic mass is 10.1. The lowest BCUT2D eigenvalue weighted by Gasteiger charge is -2.19. The SMILES string of the molecule is Fc1cc(Cl)ccc1-c1cnc(N2CCCNCC2)nc1. The summed E-state index contributed by atoms with van der Waals surface area (Å²) in [5.41, 5.74) is 1.12. The van der Waals surface area contributed by atoms with E-state index < -0.39 is 0 Å². The highest BCUT2D eigenvalue weighted by Gasteiger charge is 2.13. The van der Waals surface area contributed by atoms with Gasteiger partial charge in [0.1, 0.15) is 5.82 Å². The van der Waals surface area contributed by atoms with Crippen molar-refractivity contribution in [2.75, 3.05) is 31.1 Å². The summed E-state index contributed by atoms with van der Waals surface area (Å²) in [4.78, 5) is 10.9. The van der Waals surface area contributed by atoms with Crippen molar-refractivity contribution in [1.82, 2.24) is 15.3 Å². The topological polar surface area (TPSA) is 41.1 Å². The molecule has 1 aliphatic rings. The van der Waals surface area contributed by atoms with Gasteiger partial charge < -0.3 is 10.2 Å². The van der Waals surface area contributed by atoms with Crippen molar-refractivity contribution in [3.63, 3.8) is 0 Å². The van der Waals surface area contributed by atoms with E-state index >= 15 is 0 Å². The fourth-order valence-corrected chi connectivity index (χ4v) is 2.55. The molecule has 0 spiro atoms. The molecule has 0 saturated carbocycles. The van der Waals surface area contributed by atoms with E-state index in [9.17, 15) is 4.39 Å². The first-order valence-corrected chi connectivity index (χ1v) is 7.35. The lowest BCUT2D eigenvalue weighted by Crippen LogP contribution is -2.29. The predicted molar refractivity (Wildman–Crippen MR) is 82.1 cm³/mol. The van der Waals surface area contributed by atoms with Gasteiger partial charge in [-0.05, 0) is 31.2 Å². The molecule has 1 fully saturated rings. The molecular formula is C15H16ClFN4. The Bertz CT molecular complexity index is 610. The zero-order valence-electron chi connectivity index (χ0n) is 11.5. The molecule has 2 aromatic rings. The lowest BCUT2D eigenvalue weighted by molar-refractivity contribution is 0.631. The van der Waals surface area contributed by atoms with Gasteiger partial charge in [-0.25, -0.2) is 14.4 Å². The molecule has 1 saturated heterocycles. The number of halogens is 2. The summed E-state index contributed by atoms with van der Waals surface area (Å²) < 4.78 is 13.9. The Balaban J connectivity index is 1.83. The largest absolute Gasteiger partial charge is 0.340 e. The van der Waals surface area contributed by atoms with E-state index in [1.54, 1.807) is 24.5 Å². The molecule has 0 unspecified atom stereocenters. The second kappa shape index (κ2) is 6.37. The van der Waals surface area contributed by atoms with E-state index in [2.05, 4.69) is 20.2 Å². The van der Waals surface area contributed by atoms with Gasteiger partial charge in [0.15, 0.2) is 0 Å². The average Bonchev–Trinajstić information content (AvgIpc) is 2.77. The highest BCUT2D eigenvalue weighted by atomic mass is 35.5. The van der Waals surface area contributed by atoms with Crippen LogP contribution in [0.1, 0.15) is 6.42 Å². The molecule has 1 aliphatic heterocycles. The Labute approximate surface area is 128 Å². The predicted octanol–water partition coefficient (Wildman–Crippen LogP) is 2.74. The number of hydrogen-bond donors (Lipinski definition) is 1. The summed E-state index contributed by atoms with van der Waals surface area (Å²) in [6.45, 7) is 3.76. The molecule has 110 valence electrons. The molecule has 1 aromatic carbocycles. The van der Waals surface area contributed by atoms with Gasteiger partial charge in [0.05, 0.1) is 0 Å². The van der Waals surface area contributed by atoms with Crippen molar-refractivity contribution in [3.05, 3.63) is 41.4 Å². The molecule has 0 bridgehead atoms. The maximum absolute atomic E-state index is 13.9.